The SMILES string of the molecule is Cc1cccc(C(=O)N[C@H](C(=O)OCC(=O)NC(C)c2ccc(S(N)(=O)=O)cc2)C(C)C)c1. The highest BCUT2D eigenvalue weighted by atomic mass is 32.2. The lowest BCUT2D eigenvalue weighted by molar-refractivity contribution is -0.151. The number of hydrogen-bond acceptors (Lipinski definition) is 6. The van der Waals surface area contributed by atoms with Crippen molar-refractivity contribution in [3.05, 3.63) is 65.2 Å². The molecule has 0 bridgehead atoms. The van der Waals surface area contributed by atoms with Gasteiger partial charge in [0.15, 0.2) is 6.61 Å². The van der Waals surface area contributed by atoms with Crippen LogP contribution in [0.15, 0.2) is 53.4 Å². The number of amides is 2. The van der Waals surface area contributed by atoms with Crippen molar-refractivity contribution in [3.63, 3.8) is 0 Å². The highest BCUT2D eigenvalue weighted by Crippen LogP contribution is 2.15. The molecule has 0 saturated heterocycles. The minimum atomic E-state index is -3.81. The summed E-state index contributed by atoms with van der Waals surface area (Å²) in [5, 5.41) is 10.4. The molecule has 9 nitrogen and oxygen atoms in total. The summed E-state index contributed by atoms with van der Waals surface area (Å²) in [4.78, 5) is 37.2. The van der Waals surface area contributed by atoms with E-state index in [0.717, 1.165) is 5.56 Å². The number of nitrogens with two attached hydrogens (primary N) is 1. The van der Waals surface area contributed by atoms with Gasteiger partial charge in [0.1, 0.15) is 6.04 Å². The predicted molar refractivity (Wildman–Crippen MR) is 123 cm³/mol. The maximum Gasteiger partial charge on any atom is 0.329 e. The van der Waals surface area contributed by atoms with Crippen LogP contribution in [-0.2, 0) is 24.3 Å². The fourth-order valence-corrected chi connectivity index (χ4v) is 3.56. The summed E-state index contributed by atoms with van der Waals surface area (Å²) >= 11 is 0. The molecule has 0 aliphatic rings. The van der Waals surface area contributed by atoms with Crippen molar-refractivity contribution < 1.29 is 27.5 Å². The number of rotatable bonds is 9. The van der Waals surface area contributed by atoms with Gasteiger partial charge in [0, 0.05) is 5.56 Å². The Labute approximate surface area is 193 Å². The molecule has 2 atom stereocenters. The van der Waals surface area contributed by atoms with Gasteiger partial charge in [-0.25, -0.2) is 18.4 Å². The average molecular weight is 476 g/mol. The van der Waals surface area contributed by atoms with Gasteiger partial charge in [-0.1, -0.05) is 43.7 Å². The molecular weight excluding hydrogens is 446 g/mol. The second-order valence-corrected chi connectivity index (χ2v) is 9.64. The second kappa shape index (κ2) is 11.1. The van der Waals surface area contributed by atoms with Gasteiger partial charge in [-0.15, -0.1) is 0 Å². The first-order chi connectivity index (χ1) is 15.4. The van der Waals surface area contributed by atoms with Crippen LogP contribution in [0.4, 0.5) is 0 Å². The third-order valence-electron chi connectivity index (χ3n) is 4.92. The Balaban J connectivity index is 1.92. The average Bonchev–Trinajstić information content (AvgIpc) is 2.74. The zero-order chi connectivity index (χ0) is 24.8. The number of sulfonamides is 1. The summed E-state index contributed by atoms with van der Waals surface area (Å²) in [5.74, 6) is -1.92. The largest absolute Gasteiger partial charge is 0.454 e. The van der Waals surface area contributed by atoms with Crippen molar-refractivity contribution in [3.8, 4) is 0 Å². The van der Waals surface area contributed by atoms with Crippen molar-refractivity contribution >= 4 is 27.8 Å². The molecule has 2 rings (SSSR count). The zero-order valence-electron chi connectivity index (χ0n) is 19.0. The summed E-state index contributed by atoms with van der Waals surface area (Å²) in [5.41, 5.74) is 1.98. The molecule has 4 N–H and O–H groups in total. The van der Waals surface area contributed by atoms with Crippen molar-refractivity contribution in [2.75, 3.05) is 6.61 Å². The van der Waals surface area contributed by atoms with Gasteiger partial charge in [0.25, 0.3) is 11.8 Å². The normalized spacial score (nSPS) is 13.2. The molecule has 10 heteroatoms. The van der Waals surface area contributed by atoms with Crippen molar-refractivity contribution in [1.29, 1.82) is 0 Å². The van der Waals surface area contributed by atoms with E-state index in [0.29, 0.717) is 11.1 Å². The van der Waals surface area contributed by atoms with Gasteiger partial charge in [0.2, 0.25) is 10.0 Å². The molecule has 2 amide bonds. The molecule has 178 valence electrons. The van der Waals surface area contributed by atoms with Gasteiger partial charge < -0.3 is 15.4 Å². The number of ether oxygens (including phenoxy) is 1. The van der Waals surface area contributed by atoms with Crippen LogP contribution in [0.5, 0.6) is 0 Å². The number of benzene rings is 2. The van der Waals surface area contributed by atoms with Crippen molar-refractivity contribution in [1.82, 2.24) is 10.6 Å². The Bertz CT molecular complexity index is 1110. The number of carbonyl (C=O) groups excluding carboxylic acids is 3. The molecule has 0 aliphatic carbocycles. The van der Waals surface area contributed by atoms with Crippen LogP contribution < -0.4 is 15.8 Å². The smallest absolute Gasteiger partial charge is 0.329 e. The van der Waals surface area contributed by atoms with E-state index in [-0.39, 0.29) is 10.8 Å². The Kier molecular flexibility index (Phi) is 8.72. The van der Waals surface area contributed by atoms with E-state index in [2.05, 4.69) is 10.6 Å². The van der Waals surface area contributed by atoms with Gasteiger partial charge in [0.05, 0.1) is 10.9 Å². The van der Waals surface area contributed by atoms with E-state index < -0.39 is 46.5 Å². The lowest BCUT2D eigenvalue weighted by atomic mass is 10.0. The van der Waals surface area contributed by atoms with E-state index in [1.165, 1.54) is 24.3 Å². The fourth-order valence-electron chi connectivity index (χ4n) is 3.05. The molecule has 0 radical (unpaired) electrons. The molecule has 33 heavy (non-hydrogen) atoms. The quantitative estimate of drug-likeness (QED) is 0.472. The Morgan fingerprint density at radius 1 is 1.00 bits per heavy atom. The molecule has 0 aliphatic heterocycles. The minimum absolute atomic E-state index is 0.0360. The van der Waals surface area contributed by atoms with Crippen LogP contribution in [-0.4, -0.2) is 38.9 Å². The summed E-state index contributed by atoms with van der Waals surface area (Å²) in [6, 6.07) is 11.3. The maximum absolute atomic E-state index is 12.5. The number of carbonyl (C=O) groups is 3. The Morgan fingerprint density at radius 2 is 1.64 bits per heavy atom. The van der Waals surface area contributed by atoms with Crippen LogP contribution in [0, 0.1) is 12.8 Å². The molecule has 2 aromatic carbocycles. The molecule has 2 aromatic rings. The topological polar surface area (TPSA) is 145 Å². The van der Waals surface area contributed by atoms with Crippen LogP contribution in [0.25, 0.3) is 0 Å². The predicted octanol–water partition coefficient (Wildman–Crippen LogP) is 1.82. The number of esters is 1. The fraction of sp³-hybridized carbons (Fsp3) is 0.348. The monoisotopic (exact) mass is 475 g/mol. The molecule has 0 spiro atoms. The maximum atomic E-state index is 12.5. The van der Waals surface area contributed by atoms with E-state index in [1.54, 1.807) is 39.0 Å². The standard InChI is InChI=1S/C23H29N3O6S/c1-14(2)21(26-22(28)18-7-5-6-15(3)12-18)23(29)32-13-20(27)25-16(4)17-8-10-19(11-9-17)33(24,30)31/h5-12,14,16,21H,13H2,1-4H3,(H,25,27)(H,26,28)(H2,24,30,31)/t16?,21-/m0/s1. The number of aryl methyl sites for hydroxylation is 1. The van der Waals surface area contributed by atoms with Gasteiger partial charge in [-0.3, -0.25) is 9.59 Å². The molecule has 0 saturated carbocycles. The van der Waals surface area contributed by atoms with Crippen LogP contribution >= 0.6 is 0 Å². The lowest BCUT2D eigenvalue weighted by Gasteiger charge is -2.21. The molecule has 0 aromatic heterocycles. The van der Waals surface area contributed by atoms with E-state index in [9.17, 15) is 22.8 Å². The van der Waals surface area contributed by atoms with E-state index in [1.807, 2.05) is 13.0 Å². The third kappa shape index (κ3) is 7.69. The lowest BCUT2D eigenvalue weighted by Crippen LogP contribution is -2.46. The van der Waals surface area contributed by atoms with Crippen LogP contribution in [0.3, 0.4) is 0 Å². The first-order valence-electron chi connectivity index (χ1n) is 10.3. The van der Waals surface area contributed by atoms with Crippen molar-refractivity contribution in [2.24, 2.45) is 11.1 Å². The van der Waals surface area contributed by atoms with Crippen LogP contribution in [0.2, 0.25) is 0 Å². The second-order valence-electron chi connectivity index (χ2n) is 8.08. The number of primary sulfonamides is 1. The molecule has 0 heterocycles. The highest BCUT2D eigenvalue weighted by molar-refractivity contribution is 7.89. The first kappa shape index (κ1) is 26.0. The third-order valence-corrected chi connectivity index (χ3v) is 5.85. The van der Waals surface area contributed by atoms with Crippen LogP contribution in [0.1, 0.15) is 48.3 Å². The summed E-state index contributed by atoms with van der Waals surface area (Å²) in [7, 11) is -3.81. The number of nitrogens with one attached hydrogen (secondary N) is 2. The summed E-state index contributed by atoms with van der Waals surface area (Å²) in [6.45, 7) is 6.55. The van der Waals surface area contributed by atoms with E-state index in [4.69, 9.17) is 9.88 Å². The highest BCUT2D eigenvalue weighted by Gasteiger charge is 2.27. The number of hydrogen-bond donors (Lipinski definition) is 3. The van der Waals surface area contributed by atoms with Gasteiger partial charge in [-0.05, 0) is 49.6 Å². The first-order valence-corrected chi connectivity index (χ1v) is 11.9. The zero-order valence-corrected chi connectivity index (χ0v) is 19.8. The van der Waals surface area contributed by atoms with Gasteiger partial charge in [-0.2, -0.15) is 0 Å². The molecular formula is C23H29N3O6S. The van der Waals surface area contributed by atoms with Gasteiger partial charge >= 0.3 is 5.97 Å². The van der Waals surface area contributed by atoms with Crippen molar-refractivity contribution in [2.45, 2.75) is 44.7 Å². The molecule has 1 unspecified atom stereocenters. The Morgan fingerprint density at radius 3 is 2.18 bits per heavy atom. The Hall–Kier alpha value is -3.24. The summed E-state index contributed by atoms with van der Waals surface area (Å²) < 4.78 is 27.8. The summed E-state index contributed by atoms with van der Waals surface area (Å²) in [6.07, 6.45) is 0. The minimum Gasteiger partial charge on any atom is -0.454 e. The molecule has 0 fully saturated rings. The van der Waals surface area contributed by atoms with E-state index >= 15 is 0 Å².